The van der Waals surface area contributed by atoms with Gasteiger partial charge in [-0.2, -0.15) is 0 Å². The molecule has 6 nitrogen and oxygen atoms in total. The lowest BCUT2D eigenvalue weighted by molar-refractivity contribution is -0.154. The van der Waals surface area contributed by atoms with E-state index in [9.17, 15) is 14.4 Å². The molecule has 0 aromatic heterocycles. The Labute approximate surface area is 107 Å². The number of ether oxygens (including phenoxy) is 1. The molecule has 1 unspecified atom stereocenters. The molecule has 0 rings (SSSR count). The molecule has 0 saturated carbocycles. The fourth-order valence-corrected chi connectivity index (χ4v) is 1.25. The number of carbonyl (C=O) groups excluding carboxylic acids is 3. The van der Waals surface area contributed by atoms with Crippen molar-refractivity contribution in [1.82, 2.24) is 10.6 Å². The van der Waals surface area contributed by atoms with E-state index in [2.05, 4.69) is 10.6 Å². The first kappa shape index (κ1) is 16.6. The van der Waals surface area contributed by atoms with Gasteiger partial charge in [0, 0.05) is 6.42 Å². The lowest BCUT2D eigenvalue weighted by atomic mass is 10.1. The van der Waals surface area contributed by atoms with E-state index in [1.54, 1.807) is 27.8 Å². The van der Waals surface area contributed by atoms with Crippen LogP contribution in [0, 0.1) is 0 Å². The van der Waals surface area contributed by atoms with Crippen LogP contribution in [-0.4, -0.2) is 42.9 Å². The van der Waals surface area contributed by atoms with Gasteiger partial charge in [0.15, 0.2) is 0 Å². The van der Waals surface area contributed by atoms with Gasteiger partial charge < -0.3 is 15.4 Å². The van der Waals surface area contributed by atoms with Gasteiger partial charge in [-0.05, 0) is 34.7 Å². The molecule has 6 heteroatoms. The third-order valence-corrected chi connectivity index (χ3v) is 2.08. The van der Waals surface area contributed by atoms with Crippen LogP contribution in [0.25, 0.3) is 0 Å². The third-order valence-electron chi connectivity index (χ3n) is 2.08. The van der Waals surface area contributed by atoms with Crippen molar-refractivity contribution in [2.45, 2.75) is 45.8 Å². The number of hydrogen-bond acceptors (Lipinski definition) is 5. The minimum absolute atomic E-state index is 0.00856. The van der Waals surface area contributed by atoms with Gasteiger partial charge in [0.2, 0.25) is 5.91 Å². The van der Waals surface area contributed by atoms with E-state index < -0.39 is 17.6 Å². The number of amides is 1. The van der Waals surface area contributed by atoms with Crippen molar-refractivity contribution in [3.63, 3.8) is 0 Å². The second-order valence-electron chi connectivity index (χ2n) is 5.02. The molecule has 0 aliphatic heterocycles. The largest absolute Gasteiger partial charge is 0.459 e. The van der Waals surface area contributed by atoms with E-state index in [1.165, 1.54) is 6.92 Å². The Morgan fingerprint density at radius 2 is 1.78 bits per heavy atom. The summed E-state index contributed by atoms with van der Waals surface area (Å²) < 4.78 is 5.03. The third kappa shape index (κ3) is 7.78. The molecule has 0 fully saturated rings. The predicted octanol–water partition coefficient (Wildman–Crippen LogP) is 0.0114. The monoisotopic (exact) mass is 258 g/mol. The Hall–Kier alpha value is -1.43. The van der Waals surface area contributed by atoms with Crippen LogP contribution in [0.15, 0.2) is 0 Å². The Morgan fingerprint density at radius 3 is 2.17 bits per heavy atom. The molecule has 0 heterocycles. The highest BCUT2D eigenvalue weighted by Gasteiger charge is 2.19. The van der Waals surface area contributed by atoms with Crippen molar-refractivity contribution < 1.29 is 19.1 Å². The summed E-state index contributed by atoms with van der Waals surface area (Å²) in [5, 5.41) is 5.15. The summed E-state index contributed by atoms with van der Waals surface area (Å²) in [5.74, 6) is -0.986. The molecule has 0 radical (unpaired) electrons. The molecule has 0 aromatic rings. The van der Waals surface area contributed by atoms with E-state index in [-0.39, 0.29) is 24.7 Å². The number of Topliss-reactive ketones (excluding diaryl/α,β-unsaturated/α-hetero) is 1. The van der Waals surface area contributed by atoms with Gasteiger partial charge in [-0.1, -0.05) is 0 Å². The number of esters is 1. The van der Waals surface area contributed by atoms with E-state index in [1.807, 2.05) is 0 Å². The lowest BCUT2D eigenvalue weighted by Gasteiger charge is -2.19. The molecular formula is C12H22N2O4. The summed E-state index contributed by atoms with van der Waals surface area (Å²) >= 11 is 0. The fourth-order valence-electron chi connectivity index (χ4n) is 1.25. The van der Waals surface area contributed by atoms with E-state index in [4.69, 9.17) is 4.74 Å². The molecule has 0 spiro atoms. The van der Waals surface area contributed by atoms with Crippen molar-refractivity contribution in [3.05, 3.63) is 0 Å². The summed E-state index contributed by atoms with van der Waals surface area (Å²) in [5.41, 5.74) is -0.575. The Kier molecular flexibility index (Phi) is 6.54. The molecule has 0 saturated heterocycles. The fraction of sp³-hybridized carbons (Fsp3) is 0.750. The average molecular weight is 258 g/mol. The normalized spacial score (nSPS) is 12.7. The maximum Gasteiger partial charge on any atom is 0.325 e. The van der Waals surface area contributed by atoms with Crippen LogP contribution in [0.3, 0.4) is 0 Å². The van der Waals surface area contributed by atoms with Crippen LogP contribution in [0.5, 0.6) is 0 Å². The minimum atomic E-state index is -0.575. The molecule has 0 aromatic carbocycles. The van der Waals surface area contributed by atoms with E-state index in [0.29, 0.717) is 0 Å². The molecule has 0 aliphatic carbocycles. The Balaban J connectivity index is 4.04. The highest BCUT2D eigenvalue weighted by atomic mass is 16.6. The van der Waals surface area contributed by atoms with Crippen molar-refractivity contribution >= 4 is 17.7 Å². The van der Waals surface area contributed by atoms with Crippen LogP contribution >= 0.6 is 0 Å². The summed E-state index contributed by atoms with van der Waals surface area (Å²) in [6.45, 7) is 6.46. The van der Waals surface area contributed by atoms with Crippen molar-refractivity contribution in [2.24, 2.45) is 0 Å². The van der Waals surface area contributed by atoms with Gasteiger partial charge in [-0.15, -0.1) is 0 Å². The zero-order chi connectivity index (χ0) is 14.3. The lowest BCUT2D eigenvalue weighted by Crippen LogP contribution is -2.40. The highest BCUT2D eigenvalue weighted by molar-refractivity contribution is 5.89. The number of ketones is 1. The average Bonchev–Trinajstić information content (AvgIpc) is 2.20. The van der Waals surface area contributed by atoms with Gasteiger partial charge in [0.1, 0.15) is 17.9 Å². The highest BCUT2D eigenvalue weighted by Crippen LogP contribution is 2.06. The van der Waals surface area contributed by atoms with Crippen molar-refractivity contribution in [2.75, 3.05) is 13.6 Å². The molecule has 0 bridgehead atoms. The Bertz CT molecular complexity index is 321. The SMILES string of the molecule is CNC(CC(=O)NCC(=O)OC(C)(C)C)C(C)=O. The number of nitrogens with one attached hydrogen (secondary N) is 2. The number of likely N-dealkylation sites (N-methyl/N-ethyl adjacent to an activating group) is 1. The van der Waals surface area contributed by atoms with Gasteiger partial charge in [-0.3, -0.25) is 14.4 Å². The molecular weight excluding hydrogens is 236 g/mol. The summed E-state index contributed by atoms with van der Waals surface area (Å²) in [6, 6.07) is -0.524. The van der Waals surface area contributed by atoms with E-state index in [0.717, 1.165) is 0 Å². The summed E-state index contributed by atoms with van der Waals surface area (Å²) in [7, 11) is 1.60. The topological polar surface area (TPSA) is 84.5 Å². The van der Waals surface area contributed by atoms with Gasteiger partial charge in [0.25, 0.3) is 0 Å². The van der Waals surface area contributed by atoms with E-state index >= 15 is 0 Å². The first-order valence-corrected chi connectivity index (χ1v) is 5.82. The smallest absolute Gasteiger partial charge is 0.325 e. The molecule has 104 valence electrons. The molecule has 2 N–H and O–H groups in total. The second-order valence-corrected chi connectivity index (χ2v) is 5.02. The van der Waals surface area contributed by atoms with Crippen LogP contribution in [0.2, 0.25) is 0 Å². The van der Waals surface area contributed by atoms with Gasteiger partial charge in [0.05, 0.1) is 6.04 Å². The van der Waals surface area contributed by atoms with Crippen LogP contribution in [0.1, 0.15) is 34.1 Å². The van der Waals surface area contributed by atoms with Crippen LogP contribution in [0.4, 0.5) is 0 Å². The number of rotatable bonds is 6. The predicted molar refractivity (Wildman–Crippen MR) is 67.0 cm³/mol. The first-order valence-electron chi connectivity index (χ1n) is 5.82. The molecule has 1 atom stereocenters. The zero-order valence-corrected chi connectivity index (χ0v) is 11.6. The van der Waals surface area contributed by atoms with Crippen LogP contribution in [-0.2, 0) is 19.1 Å². The molecule has 0 aliphatic rings. The number of hydrogen-bond donors (Lipinski definition) is 2. The Morgan fingerprint density at radius 1 is 1.22 bits per heavy atom. The van der Waals surface area contributed by atoms with Crippen LogP contribution < -0.4 is 10.6 Å². The standard InChI is InChI=1S/C12H22N2O4/c1-8(15)9(13-5)6-10(16)14-7-11(17)18-12(2,3)4/h9,13H,6-7H2,1-5H3,(H,14,16). The molecule has 1 amide bonds. The quantitative estimate of drug-likeness (QED) is 0.656. The van der Waals surface area contributed by atoms with Crippen molar-refractivity contribution in [1.29, 1.82) is 0 Å². The number of carbonyl (C=O) groups is 3. The minimum Gasteiger partial charge on any atom is -0.459 e. The van der Waals surface area contributed by atoms with Gasteiger partial charge >= 0.3 is 5.97 Å². The maximum absolute atomic E-state index is 11.5. The zero-order valence-electron chi connectivity index (χ0n) is 11.6. The summed E-state index contributed by atoms with van der Waals surface area (Å²) in [6.07, 6.45) is 0.00856. The maximum atomic E-state index is 11.5. The second kappa shape index (κ2) is 7.10. The van der Waals surface area contributed by atoms with Crippen molar-refractivity contribution in [3.8, 4) is 0 Å². The van der Waals surface area contributed by atoms with Gasteiger partial charge in [-0.25, -0.2) is 0 Å². The molecule has 18 heavy (non-hydrogen) atoms. The first-order chi connectivity index (χ1) is 8.15. The summed E-state index contributed by atoms with van der Waals surface area (Å²) in [4.78, 5) is 33.9.